The van der Waals surface area contributed by atoms with Crippen LogP contribution in [0.1, 0.15) is 40.0 Å². The molecule has 5 nitrogen and oxygen atoms in total. The minimum absolute atomic E-state index is 0.0337. The van der Waals surface area contributed by atoms with E-state index in [2.05, 4.69) is 49.9 Å². The standard InChI is InChI=1S/C24H32N4OS/c1-5-22(17(2)3)28-23(29)11-6-18(16-25-4)24(28)27-19-7-9-20(10-8-19)30-21-12-14-26-15-13-21/h6-11,16-17,21-22,26H,4-5,12-15H2,1-3H3/b18-16-,27-24?. The lowest BCUT2D eigenvalue weighted by Crippen LogP contribution is -2.48. The second kappa shape index (κ2) is 10.7. The first-order chi connectivity index (χ1) is 14.5. The number of carbonyl (C=O) groups excluding carboxylic acids is 1. The Morgan fingerprint density at radius 3 is 2.53 bits per heavy atom. The molecule has 1 saturated heterocycles. The van der Waals surface area contributed by atoms with Gasteiger partial charge in [0.15, 0.2) is 0 Å². The number of aliphatic imine (C=N–C) groups is 2. The second-order valence-electron chi connectivity index (χ2n) is 8.02. The normalized spacial score (nSPS) is 21.6. The van der Waals surface area contributed by atoms with Crippen LogP contribution < -0.4 is 5.32 Å². The molecule has 0 radical (unpaired) electrons. The molecule has 2 aliphatic rings. The summed E-state index contributed by atoms with van der Waals surface area (Å²) in [4.78, 5) is 24.7. The molecule has 1 amide bonds. The van der Waals surface area contributed by atoms with Crippen molar-refractivity contribution >= 4 is 35.9 Å². The van der Waals surface area contributed by atoms with Crippen LogP contribution in [-0.2, 0) is 4.79 Å². The van der Waals surface area contributed by atoms with Gasteiger partial charge in [0.25, 0.3) is 5.91 Å². The number of nitrogens with zero attached hydrogens (tertiary/aromatic N) is 3. The molecule has 1 aromatic rings. The zero-order valence-electron chi connectivity index (χ0n) is 18.2. The van der Waals surface area contributed by atoms with Crippen molar-refractivity contribution in [1.82, 2.24) is 10.2 Å². The van der Waals surface area contributed by atoms with Gasteiger partial charge in [-0.2, -0.15) is 0 Å². The predicted octanol–water partition coefficient (Wildman–Crippen LogP) is 4.98. The fourth-order valence-corrected chi connectivity index (χ4v) is 5.13. The Morgan fingerprint density at radius 2 is 1.93 bits per heavy atom. The van der Waals surface area contributed by atoms with Crippen LogP contribution in [-0.4, -0.2) is 47.7 Å². The van der Waals surface area contributed by atoms with Gasteiger partial charge in [-0.05, 0) is 75.3 Å². The van der Waals surface area contributed by atoms with E-state index in [1.54, 1.807) is 18.4 Å². The molecule has 30 heavy (non-hydrogen) atoms. The zero-order chi connectivity index (χ0) is 21.5. The number of piperidine rings is 1. The average molecular weight is 425 g/mol. The van der Waals surface area contributed by atoms with Gasteiger partial charge in [0.2, 0.25) is 0 Å². The molecule has 1 unspecified atom stereocenters. The molecule has 6 heteroatoms. The molecule has 0 aliphatic carbocycles. The Balaban J connectivity index is 1.89. The molecule has 0 spiro atoms. The first kappa shape index (κ1) is 22.5. The highest BCUT2D eigenvalue weighted by Crippen LogP contribution is 2.31. The first-order valence-corrected chi connectivity index (χ1v) is 11.6. The van der Waals surface area contributed by atoms with Crippen molar-refractivity contribution in [2.45, 2.75) is 56.2 Å². The van der Waals surface area contributed by atoms with Gasteiger partial charge in [-0.3, -0.25) is 14.7 Å². The largest absolute Gasteiger partial charge is 0.317 e. The number of carbonyl (C=O) groups is 1. The maximum Gasteiger partial charge on any atom is 0.252 e. The summed E-state index contributed by atoms with van der Waals surface area (Å²) in [6.07, 6.45) is 8.31. The van der Waals surface area contributed by atoms with Crippen molar-refractivity contribution in [2.75, 3.05) is 13.1 Å². The van der Waals surface area contributed by atoms with Crippen LogP contribution in [0.2, 0.25) is 0 Å². The number of hydrogen-bond donors (Lipinski definition) is 1. The summed E-state index contributed by atoms with van der Waals surface area (Å²) >= 11 is 1.94. The van der Waals surface area contributed by atoms with E-state index in [9.17, 15) is 4.79 Å². The van der Waals surface area contributed by atoms with Crippen molar-refractivity contribution < 1.29 is 4.79 Å². The number of amides is 1. The van der Waals surface area contributed by atoms with Gasteiger partial charge in [0.05, 0.1) is 5.69 Å². The van der Waals surface area contributed by atoms with E-state index >= 15 is 0 Å². The predicted molar refractivity (Wildman–Crippen MR) is 128 cm³/mol. The molecule has 160 valence electrons. The summed E-state index contributed by atoms with van der Waals surface area (Å²) < 4.78 is 0. The Morgan fingerprint density at radius 1 is 1.23 bits per heavy atom. The summed E-state index contributed by atoms with van der Waals surface area (Å²) in [6, 6.07) is 8.40. The highest BCUT2D eigenvalue weighted by Gasteiger charge is 2.32. The fraction of sp³-hybridized carbons (Fsp3) is 0.458. The van der Waals surface area contributed by atoms with Crippen molar-refractivity contribution in [3.63, 3.8) is 0 Å². The van der Waals surface area contributed by atoms with Crippen LogP contribution in [0.5, 0.6) is 0 Å². The fourth-order valence-electron chi connectivity index (χ4n) is 3.98. The Labute approximate surface area is 184 Å². The summed E-state index contributed by atoms with van der Waals surface area (Å²) in [5.41, 5.74) is 1.64. The Kier molecular flexibility index (Phi) is 8.05. The third-order valence-corrected chi connectivity index (χ3v) is 6.89. The van der Waals surface area contributed by atoms with Gasteiger partial charge in [-0.25, -0.2) is 4.99 Å². The number of benzene rings is 1. The topological polar surface area (TPSA) is 57.1 Å². The van der Waals surface area contributed by atoms with Gasteiger partial charge in [0, 0.05) is 34.0 Å². The van der Waals surface area contributed by atoms with E-state index in [-0.39, 0.29) is 11.9 Å². The van der Waals surface area contributed by atoms with Crippen LogP contribution in [0.25, 0.3) is 0 Å². The molecule has 3 rings (SSSR count). The molecule has 0 bridgehead atoms. The van der Waals surface area contributed by atoms with Gasteiger partial charge >= 0.3 is 0 Å². The quantitative estimate of drug-likeness (QED) is 0.628. The highest BCUT2D eigenvalue weighted by atomic mass is 32.2. The van der Waals surface area contributed by atoms with E-state index in [4.69, 9.17) is 4.99 Å². The molecule has 2 heterocycles. The summed E-state index contributed by atoms with van der Waals surface area (Å²) in [7, 11) is 0. The van der Waals surface area contributed by atoms with E-state index in [0.29, 0.717) is 17.0 Å². The molecule has 1 N–H and O–H groups in total. The van der Waals surface area contributed by atoms with E-state index in [0.717, 1.165) is 30.8 Å². The summed E-state index contributed by atoms with van der Waals surface area (Å²) in [5, 5.41) is 4.08. The molecule has 0 aromatic heterocycles. The zero-order valence-corrected chi connectivity index (χ0v) is 19.0. The minimum atomic E-state index is -0.0337. The van der Waals surface area contributed by atoms with Crippen LogP contribution in [0, 0.1) is 5.92 Å². The van der Waals surface area contributed by atoms with Crippen molar-refractivity contribution in [2.24, 2.45) is 15.9 Å². The van der Waals surface area contributed by atoms with Crippen LogP contribution in [0.3, 0.4) is 0 Å². The summed E-state index contributed by atoms with van der Waals surface area (Å²) in [5.74, 6) is 0.931. The lowest BCUT2D eigenvalue weighted by molar-refractivity contribution is -0.124. The molecule has 1 fully saturated rings. The maximum absolute atomic E-state index is 12.8. The smallest absolute Gasteiger partial charge is 0.252 e. The second-order valence-corrected chi connectivity index (χ2v) is 9.40. The Hall–Kier alpha value is -2.18. The maximum atomic E-state index is 12.8. The van der Waals surface area contributed by atoms with Gasteiger partial charge in [0.1, 0.15) is 5.84 Å². The number of nitrogens with one attached hydrogen (secondary N) is 1. The number of hydrogen-bond acceptors (Lipinski definition) is 5. The average Bonchev–Trinajstić information content (AvgIpc) is 2.74. The van der Waals surface area contributed by atoms with Gasteiger partial charge in [-0.1, -0.05) is 20.8 Å². The number of thioether (sulfide) groups is 1. The number of rotatable bonds is 7. The molecular weight excluding hydrogens is 392 g/mol. The van der Waals surface area contributed by atoms with E-state index in [1.807, 2.05) is 28.8 Å². The van der Waals surface area contributed by atoms with Crippen LogP contribution >= 0.6 is 11.8 Å². The third kappa shape index (κ3) is 5.49. The third-order valence-electron chi connectivity index (χ3n) is 5.54. The molecule has 1 aromatic carbocycles. The lowest BCUT2D eigenvalue weighted by Gasteiger charge is -2.36. The van der Waals surface area contributed by atoms with E-state index in [1.165, 1.54) is 17.7 Å². The molecular formula is C24H32N4OS. The first-order valence-electron chi connectivity index (χ1n) is 10.8. The van der Waals surface area contributed by atoms with Crippen molar-refractivity contribution in [1.29, 1.82) is 0 Å². The van der Waals surface area contributed by atoms with Gasteiger partial charge < -0.3 is 5.32 Å². The van der Waals surface area contributed by atoms with Crippen molar-refractivity contribution in [3.05, 3.63) is 48.2 Å². The highest BCUT2D eigenvalue weighted by molar-refractivity contribution is 8.00. The summed E-state index contributed by atoms with van der Waals surface area (Å²) in [6.45, 7) is 12.2. The molecule has 2 aliphatic heterocycles. The molecule has 1 atom stereocenters. The monoisotopic (exact) mass is 424 g/mol. The van der Waals surface area contributed by atoms with Crippen molar-refractivity contribution in [3.8, 4) is 0 Å². The SMILES string of the molecule is C=N/C=C1/C=CC(=O)N(C(CC)C(C)C)C1=Nc1ccc(SC2CCNCC2)cc1. The van der Waals surface area contributed by atoms with Gasteiger partial charge in [-0.15, -0.1) is 11.8 Å². The Bertz CT molecular complexity index is 835. The van der Waals surface area contributed by atoms with E-state index < -0.39 is 0 Å². The number of amidine groups is 1. The minimum Gasteiger partial charge on any atom is -0.317 e. The van der Waals surface area contributed by atoms with Crippen LogP contribution in [0.15, 0.2) is 63.1 Å². The lowest BCUT2D eigenvalue weighted by atomic mass is 9.97. The van der Waals surface area contributed by atoms with Crippen LogP contribution in [0.4, 0.5) is 5.69 Å². The molecule has 0 saturated carbocycles.